The summed E-state index contributed by atoms with van der Waals surface area (Å²) in [4.78, 5) is 12.1. The van der Waals surface area contributed by atoms with E-state index in [1.807, 2.05) is 30.5 Å². The lowest BCUT2D eigenvalue weighted by Gasteiger charge is -2.24. The Morgan fingerprint density at radius 3 is 2.67 bits per heavy atom. The van der Waals surface area contributed by atoms with Crippen LogP contribution in [0.4, 0.5) is 0 Å². The smallest absolute Gasteiger partial charge is 0.0890 e. The van der Waals surface area contributed by atoms with Crippen LogP contribution in [0.1, 0.15) is 29.8 Å². The fraction of sp³-hybridized carbons (Fsp3) is 0.421. The second-order valence-electron chi connectivity index (χ2n) is 6.75. The molecule has 1 fully saturated rings. The number of rotatable bonds is 4. The van der Waals surface area contributed by atoms with E-state index in [4.69, 9.17) is 9.97 Å². The van der Waals surface area contributed by atoms with E-state index in [9.17, 15) is 0 Å². The molecule has 1 atom stereocenters. The summed E-state index contributed by atoms with van der Waals surface area (Å²) >= 11 is 0. The van der Waals surface area contributed by atoms with Crippen LogP contribution in [-0.2, 0) is 13.1 Å². The maximum atomic E-state index is 4.86. The molecule has 1 saturated heterocycles. The van der Waals surface area contributed by atoms with Gasteiger partial charge in [0, 0.05) is 18.8 Å². The van der Waals surface area contributed by atoms with E-state index in [0.717, 1.165) is 42.1 Å². The third-order valence-corrected chi connectivity index (χ3v) is 4.86. The molecule has 0 spiro atoms. The fourth-order valence-corrected chi connectivity index (χ4v) is 3.56. The number of benzene rings is 1. The van der Waals surface area contributed by atoms with Crippen LogP contribution < -0.4 is 0 Å². The highest BCUT2D eigenvalue weighted by molar-refractivity contribution is 5.74. The average Bonchev–Trinajstić information content (AvgIpc) is 3.18. The summed E-state index contributed by atoms with van der Waals surface area (Å²) < 4.78 is 2.07. The Morgan fingerprint density at radius 2 is 1.92 bits per heavy atom. The lowest BCUT2D eigenvalue weighted by molar-refractivity contribution is 0.216. The van der Waals surface area contributed by atoms with Gasteiger partial charge in [-0.1, -0.05) is 12.1 Å². The van der Waals surface area contributed by atoms with Gasteiger partial charge in [-0.3, -0.25) is 9.58 Å². The highest BCUT2D eigenvalue weighted by Crippen LogP contribution is 2.22. The molecule has 1 aromatic carbocycles. The first-order valence-corrected chi connectivity index (χ1v) is 8.64. The normalized spacial score (nSPS) is 18.5. The van der Waals surface area contributed by atoms with E-state index in [2.05, 4.69) is 34.7 Å². The van der Waals surface area contributed by atoms with Gasteiger partial charge in [-0.25, -0.2) is 9.97 Å². The van der Waals surface area contributed by atoms with Crippen molar-refractivity contribution < 1.29 is 0 Å². The van der Waals surface area contributed by atoms with Gasteiger partial charge < -0.3 is 0 Å². The van der Waals surface area contributed by atoms with Crippen molar-refractivity contribution in [1.29, 1.82) is 0 Å². The predicted octanol–water partition coefficient (Wildman–Crippen LogP) is 3.11. The van der Waals surface area contributed by atoms with Crippen molar-refractivity contribution in [2.24, 2.45) is 0 Å². The summed E-state index contributed by atoms with van der Waals surface area (Å²) in [7, 11) is 0. The lowest BCUT2D eigenvalue weighted by atomic mass is 10.2. The van der Waals surface area contributed by atoms with Gasteiger partial charge in [0.25, 0.3) is 0 Å². The molecule has 124 valence electrons. The summed E-state index contributed by atoms with van der Waals surface area (Å²) in [5, 5.41) is 4.44. The first-order chi connectivity index (χ1) is 11.7. The van der Waals surface area contributed by atoms with Crippen LogP contribution in [0.15, 0.2) is 36.7 Å². The van der Waals surface area contributed by atoms with Gasteiger partial charge in [0.05, 0.1) is 35.2 Å². The first kappa shape index (κ1) is 15.3. The van der Waals surface area contributed by atoms with E-state index >= 15 is 0 Å². The zero-order valence-corrected chi connectivity index (χ0v) is 14.3. The summed E-state index contributed by atoms with van der Waals surface area (Å²) in [6, 6.07) is 8.63. The van der Waals surface area contributed by atoms with Gasteiger partial charge >= 0.3 is 0 Å². The van der Waals surface area contributed by atoms with Gasteiger partial charge in [0.15, 0.2) is 0 Å². The number of para-hydroxylation sites is 2. The van der Waals surface area contributed by atoms with Gasteiger partial charge in [-0.15, -0.1) is 0 Å². The Labute approximate surface area is 142 Å². The van der Waals surface area contributed by atoms with Crippen LogP contribution in [-0.4, -0.2) is 37.2 Å². The largest absolute Gasteiger partial charge is 0.293 e. The van der Waals surface area contributed by atoms with Crippen molar-refractivity contribution in [3.05, 3.63) is 53.6 Å². The van der Waals surface area contributed by atoms with E-state index in [-0.39, 0.29) is 0 Å². The summed E-state index contributed by atoms with van der Waals surface area (Å²) in [5.41, 5.74) is 5.31. The molecule has 3 aromatic rings. The molecule has 24 heavy (non-hydrogen) atoms. The topological polar surface area (TPSA) is 46.8 Å². The molecule has 4 rings (SSSR count). The molecule has 0 aliphatic carbocycles. The number of likely N-dealkylation sites (tertiary alicyclic amines) is 1. The number of aryl methyl sites for hydroxylation is 2. The van der Waals surface area contributed by atoms with E-state index in [0.29, 0.717) is 6.04 Å². The van der Waals surface area contributed by atoms with Crippen molar-refractivity contribution in [2.75, 3.05) is 6.54 Å². The van der Waals surface area contributed by atoms with Crippen LogP contribution in [0.3, 0.4) is 0 Å². The Morgan fingerprint density at radius 1 is 1.12 bits per heavy atom. The maximum absolute atomic E-state index is 4.86. The summed E-state index contributed by atoms with van der Waals surface area (Å²) in [6.07, 6.45) is 6.51. The SMILES string of the molecule is Cc1cnn(C[C@@H]2CCCN2Cc2nc3ccccc3nc2C)c1. The molecule has 0 saturated carbocycles. The fourth-order valence-electron chi connectivity index (χ4n) is 3.56. The van der Waals surface area contributed by atoms with Gasteiger partial charge in [0.1, 0.15) is 0 Å². The first-order valence-electron chi connectivity index (χ1n) is 8.64. The van der Waals surface area contributed by atoms with Crippen LogP contribution in [0, 0.1) is 13.8 Å². The number of aromatic nitrogens is 4. The number of hydrogen-bond donors (Lipinski definition) is 0. The zero-order valence-electron chi connectivity index (χ0n) is 14.3. The van der Waals surface area contributed by atoms with E-state index in [1.165, 1.54) is 18.4 Å². The van der Waals surface area contributed by atoms with Crippen molar-refractivity contribution in [3.63, 3.8) is 0 Å². The number of hydrogen-bond acceptors (Lipinski definition) is 4. The summed E-state index contributed by atoms with van der Waals surface area (Å²) in [5.74, 6) is 0. The molecule has 0 bridgehead atoms. The third kappa shape index (κ3) is 3.04. The monoisotopic (exact) mass is 321 g/mol. The van der Waals surface area contributed by atoms with Gasteiger partial charge in [-0.05, 0) is 50.9 Å². The Bertz CT molecular complexity index is 854. The van der Waals surface area contributed by atoms with Crippen molar-refractivity contribution in [1.82, 2.24) is 24.6 Å². The average molecular weight is 321 g/mol. The van der Waals surface area contributed by atoms with Crippen LogP contribution in [0.2, 0.25) is 0 Å². The van der Waals surface area contributed by atoms with E-state index in [1.54, 1.807) is 0 Å². The van der Waals surface area contributed by atoms with Gasteiger partial charge in [-0.2, -0.15) is 5.10 Å². The molecule has 0 radical (unpaired) electrons. The van der Waals surface area contributed by atoms with Crippen molar-refractivity contribution >= 4 is 11.0 Å². The molecule has 0 N–H and O–H groups in total. The quantitative estimate of drug-likeness (QED) is 0.741. The molecule has 0 unspecified atom stereocenters. The van der Waals surface area contributed by atoms with Gasteiger partial charge in [0.2, 0.25) is 0 Å². The number of fused-ring (bicyclic) bond motifs is 1. The second-order valence-corrected chi connectivity index (χ2v) is 6.75. The van der Waals surface area contributed by atoms with E-state index < -0.39 is 0 Å². The highest BCUT2D eigenvalue weighted by Gasteiger charge is 2.26. The standard InChI is InChI=1S/C19H23N5/c1-14-10-20-24(11-14)12-16-6-5-9-23(16)13-19-15(2)21-17-7-3-4-8-18(17)22-19/h3-4,7-8,10-11,16H,5-6,9,12-13H2,1-2H3/t16-/m0/s1. The minimum atomic E-state index is 0.525. The minimum Gasteiger partial charge on any atom is -0.293 e. The minimum absolute atomic E-state index is 0.525. The summed E-state index contributed by atoms with van der Waals surface area (Å²) in [6.45, 7) is 7.10. The second kappa shape index (κ2) is 6.32. The molecule has 3 heterocycles. The predicted molar refractivity (Wildman–Crippen MR) is 94.7 cm³/mol. The van der Waals surface area contributed by atoms with Crippen LogP contribution >= 0.6 is 0 Å². The molecule has 5 heteroatoms. The van der Waals surface area contributed by atoms with Crippen molar-refractivity contribution in [3.8, 4) is 0 Å². The third-order valence-electron chi connectivity index (χ3n) is 4.86. The number of nitrogens with zero attached hydrogens (tertiary/aromatic N) is 5. The Hall–Kier alpha value is -2.27. The molecule has 1 aliphatic rings. The maximum Gasteiger partial charge on any atom is 0.0890 e. The van der Waals surface area contributed by atoms with Crippen LogP contribution in [0.5, 0.6) is 0 Å². The zero-order chi connectivity index (χ0) is 16.5. The molecule has 0 amide bonds. The molecular formula is C19H23N5. The Kier molecular flexibility index (Phi) is 4.02. The molecular weight excluding hydrogens is 298 g/mol. The Balaban J connectivity index is 1.54. The molecule has 1 aliphatic heterocycles. The lowest BCUT2D eigenvalue weighted by Crippen LogP contribution is -2.33. The molecule has 5 nitrogen and oxygen atoms in total. The van der Waals surface area contributed by atoms with Crippen LogP contribution in [0.25, 0.3) is 11.0 Å². The highest BCUT2D eigenvalue weighted by atomic mass is 15.3. The van der Waals surface area contributed by atoms with Crippen molar-refractivity contribution in [2.45, 2.75) is 45.8 Å². The molecule has 2 aromatic heterocycles.